The molecule has 0 bridgehead atoms. The molecule has 1 amide bonds. The van der Waals surface area contributed by atoms with Crippen molar-refractivity contribution in [3.63, 3.8) is 0 Å². The lowest BCUT2D eigenvalue weighted by molar-refractivity contribution is -0.116. The van der Waals surface area contributed by atoms with E-state index in [4.69, 9.17) is 0 Å². The summed E-state index contributed by atoms with van der Waals surface area (Å²) >= 11 is 1.38. The minimum atomic E-state index is -0.0137. The molecule has 2 heterocycles. The third-order valence-electron chi connectivity index (χ3n) is 4.25. The molecule has 0 aromatic heterocycles. The van der Waals surface area contributed by atoms with Gasteiger partial charge in [-0.2, -0.15) is 5.10 Å². The van der Waals surface area contributed by atoms with Gasteiger partial charge in [0, 0.05) is 12.6 Å². The molecule has 2 aliphatic heterocycles. The first-order valence-electron chi connectivity index (χ1n) is 8.07. The van der Waals surface area contributed by atoms with Crippen LogP contribution in [0, 0.1) is 0 Å². The van der Waals surface area contributed by atoms with Gasteiger partial charge in [-0.05, 0) is 37.4 Å². The van der Waals surface area contributed by atoms with Gasteiger partial charge in [0.25, 0.3) is 0 Å². The van der Waals surface area contributed by atoms with Crippen molar-refractivity contribution in [3.8, 4) is 0 Å². The van der Waals surface area contributed by atoms with E-state index in [0.717, 1.165) is 12.1 Å². The van der Waals surface area contributed by atoms with Crippen molar-refractivity contribution in [2.45, 2.75) is 38.8 Å². The van der Waals surface area contributed by atoms with Gasteiger partial charge in [-0.3, -0.25) is 9.69 Å². The molecule has 1 unspecified atom stereocenters. The average molecular weight is 330 g/mol. The van der Waals surface area contributed by atoms with E-state index in [9.17, 15) is 4.79 Å². The molecule has 6 heteroatoms. The van der Waals surface area contributed by atoms with Crippen molar-refractivity contribution in [2.75, 3.05) is 12.3 Å². The molecule has 3 rings (SSSR count). The second-order valence-electron chi connectivity index (χ2n) is 6.04. The first kappa shape index (κ1) is 16.2. The second kappa shape index (κ2) is 7.75. The van der Waals surface area contributed by atoms with Crippen LogP contribution < -0.4 is 5.32 Å². The van der Waals surface area contributed by atoms with E-state index in [2.05, 4.69) is 51.6 Å². The van der Waals surface area contributed by atoms with Gasteiger partial charge >= 0.3 is 0 Å². The Morgan fingerprint density at radius 1 is 1.35 bits per heavy atom. The van der Waals surface area contributed by atoms with Gasteiger partial charge < -0.3 is 5.32 Å². The smallest absolute Gasteiger partial charge is 0.236 e. The van der Waals surface area contributed by atoms with Gasteiger partial charge in [-0.1, -0.05) is 42.4 Å². The minimum Gasteiger partial charge on any atom is -0.303 e. The summed E-state index contributed by atoms with van der Waals surface area (Å²) in [4.78, 5) is 13.6. The molecule has 5 nitrogen and oxygen atoms in total. The molecular formula is C17H22N4OS. The molecular weight excluding hydrogens is 308 g/mol. The predicted molar refractivity (Wildman–Crippen MR) is 95.8 cm³/mol. The number of nitrogens with one attached hydrogen (secondary N) is 1. The Bertz CT molecular complexity index is 612. The lowest BCUT2D eigenvalue weighted by atomic mass is 10.0. The number of amides is 1. The molecule has 1 aromatic rings. The van der Waals surface area contributed by atoms with E-state index in [1.807, 2.05) is 0 Å². The first-order chi connectivity index (χ1) is 11.2. The molecule has 2 fully saturated rings. The second-order valence-corrected chi connectivity index (χ2v) is 7.01. The van der Waals surface area contributed by atoms with Crippen LogP contribution in [0.15, 0.2) is 34.5 Å². The SMILES string of the molecule is CC1CCCCN1Cc1ccc(C=NN=C2NC(=O)CS2)cc1. The van der Waals surface area contributed by atoms with Crippen molar-refractivity contribution in [1.82, 2.24) is 10.2 Å². The first-order valence-corrected chi connectivity index (χ1v) is 9.06. The number of hydrogen-bond donors (Lipinski definition) is 1. The predicted octanol–water partition coefficient (Wildman–Crippen LogP) is 2.61. The number of piperidine rings is 1. The van der Waals surface area contributed by atoms with Crippen molar-refractivity contribution in [1.29, 1.82) is 0 Å². The fourth-order valence-electron chi connectivity index (χ4n) is 2.86. The van der Waals surface area contributed by atoms with Crippen LogP contribution in [0.4, 0.5) is 0 Å². The van der Waals surface area contributed by atoms with E-state index >= 15 is 0 Å². The van der Waals surface area contributed by atoms with Gasteiger partial charge in [0.05, 0.1) is 12.0 Å². The van der Waals surface area contributed by atoms with Crippen molar-refractivity contribution in [3.05, 3.63) is 35.4 Å². The van der Waals surface area contributed by atoms with Crippen LogP contribution in [-0.2, 0) is 11.3 Å². The highest BCUT2D eigenvalue weighted by Gasteiger charge is 2.18. The molecule has 2 saturated heterocycles. The molecule has 0 aliphatic carbocycles. The summed E-state index contributed by atoms with van der Waals surface area (Å²) in [6.07, 6.45) is 5.68. The third kappa shape index (κ3) is 4.65. The maximum Gasteiger partial charge on any atom is 0.236 e. The lowest BCUT2D eigenvalue weighted by Crippen LogP contribution is -2.36. The maximum atomic E-state index is 11.0. The topological polar surface area (TPSA) is 57.1 Å². The zero-order chi connectivity index (χ0) is 16.1. The molecule has 1 N–H and O–H groups in total. The van der Waals surface area contributed by atoms with E-state index in [-0.39, 0.29) is 5.91 Å². The molecule has 0 radical (unpaired) electrons. The van der Waals surface area contributed by atoms with Gasteiger partial charge in [0.1, 0.15) is 0 Å². The fraction of sp³-hybridized carbons (Fsp3) is 0.471. The summed E-state index contributed by atoms with van der Waals surface area (Å²) in [5, 5.41) is 11.3. The Hall–Kier alpha value is -1.66. The van der Waals surface area contributed by atoms with Crippen LogP contribution in [0.3, 0.4) is 0 Å². The van der Waals surface area contributed by atoms with Crippen molar-refractivity contribution in [2.24, 2.45) is 10.2 Å². The monoisotopic (exact) mass is 330 g/mol. The number of amidine groups is 1. The highest BCUT2D eigenvalue weighted by molar-refractivity contribution is 8.15. The van der Waals surface area contributed by atoms with Gasteiger partial charge in [-0.15, -0.1) is 5.10 Å². The van der Waals surface area contributed by atoms with E-state index in [1.54, 1.807) is 6.21 Å². The Balaban J connectivity index is 1.55. The number of likely N-dealkylation sites (tertiary alicyclic amines) is 1. The zero-order valence-electron chi connectivity index (χ0n) is 13.4. The summed E-state index contributed by atoms with van der Waals surface area (Å²) in [5.41, 5.74) is 2.35. The quantitative estimate of drug-likeness (QED) is 0.682. The Labute approximate surface area is 141 Å². The van der Waals surface area contributed by atoms with Crippen LogP contribution in [-0.4, -0.2) is 40.5 Å². The highest BCUT2D eigenvalue weighted by atomic mass is 32.2. The maximum absolute atomic E-state index is 11.0. The number of hydrogen-bond acceptors (Lipinski definition) is 5. The van der Waals surface area contributed by atoms with Crippen LogP contribution in [0.5, 0.6) is 0 Å². The van der Waals surface area contributed by atoms with E-state index in [0.29, 0.717) is 17.0 Å². The van der Waals surface area contributed by atoms with Gasteiger partial charge in [0.2, 0.25) is 5.91 Å². The van der Waals surface area contributed by atoms with Crippen molar-refractivity contribution < 1.29 is 4.79 Å². The third-order valence-corrected chi connectivity index (χ3v) is 5.11. The largest absolute Gasteiger partial charge is 0.303 e. The van der Waals surface area contributed by atoms with E-state index in [1.165, 1.54) is 43.1 Å². The number of carbonyl (C=O) groups is 1. The molecule has 1 aromatic carbocycles. The summed E-state index contributed by atoms with van der Waals surface area (Å²) in [6, 6.07) is 9.12. The summed E-state index contributed by atoms with van der Waals surface area (Å²) < 4.78 is 0. The number of carbonyl (C=O) groups excluding carboxylic acids is 1. The van der Waals surface area contributed by atoms with Crippen molar-refractivity contribution >= 4 is 29.1 Å². The Morgan fingerprint density at radius 3 is 2.87 bits per heavy atom. The van der Waals surface area contributed by atoms with Gasteiger partial charge in [-0.25, -0.2) is 0 Å². The zero-order valence-corrected chi connectivity index (χ0v) is 14.2. The summed E-state index contributed by atoms with van der Waals surface area (Å²) in [5.74, 6) is 0.415. The van der Waals surface area contributed by atoms with Gasteiger partial charge in [0.15, 0.2) is 5.17 Å². The van der Waals surface area contributed by atoms with Crippen LogP contribution >= 0.6 is 11.8 Å². The average Bonchev–Trinajstić information content (AvgIpc) is 2.97. The number of benzene rings is 1. The van der Waals surface area contributed by atoms with Crippen LogP contribution in [0.1, 0.15) is 37.3 Å². The normalized spacial score (nSPS) is 24.5. The summed E-state index contributed by atoms with van der Waals surface area (Å²) in [6.45, 7) is 4.54. The highest BCUT2D eigenvalue weighted by Crippen LogP contribution is 2.19. The standard InChI is InChI=1S/C17H22N4OS/c1-13-4-2-3-9-21(13)11-15-7-5-14(6-8-15)10-18-20-17-19-16(22)12-23-17/h5-8,10,13H,2-4,9,11-12H2,1H3,(H,19,20,22). The molecule has 0 saturated carbocycles. The molecule has 122 valence electrons. The minimum absolute atomic E-state index is 0.0137. The Kier molecular flexibility index (Phi) is 5.46. The van der Waals surface area contributed by atoms with Crippen LogP contribution in [0.2, 0.25) is 0 Å². The summed E-state index contributed by atoms with van der Waals surface area (Å²) in [7, 11) is 0. The Morgan fingerprint density at radius 2 is 2.17 bits per heavy atom. The molecule has 23 heavy (non-hydrogen) atoms. The van der Waals surface area contributed by atoms with E-state index < -0.39 is 0 Å². The number of nitrogens with zero attached hydrogens (tertiary/aromatic N) is 3. The lowest BCUT2D eigenvalue weighted by Gasteiger charge is -2.33. The molecule has 2 aliphatic rings. The molecule has 1 atom stereocenters. The molecule has 0 spiro atoms. The number of thioether (sulfide) groups is 1. The number of rotatable bonds is 4. The van der Waals surface area contributed by atoms with Crippen LogP contribution in [0.25, 0.3) is 0 Å². The fourth-order valence-corrected chi connectivity index (χ4v) is 3.49.